The zero-order valence-electron chi connectivity index (χ0n) is 7.81. The smallest absolute Gasteiger partial charge is 0.124 e. The van der Waals surface area contributed by atoms with Crippen molar-refractivity contribution in [3.8, 4) is 0 Å². The minimum Gasteiger partial charge on any atom is -0.303 e. The molecule has 0 spiro atoms. The number of carbonyl (C=O) groups is 1. The van der Waals surface area contributed by atoms with Gasteiger partial charge in [0.25, 0.3) is 0 Å². The molecule has 0 amide bonds. The molecule has 0 bridgehead atoms. The highest BCUT2D eigenvalue weighted by Gasteiger charge is 1.96. The maximum absolute atomic E-state index is 10.3. The van der Waals surface area contributed by atoms with Crippen LogP contribution < -0.4 is 0 Å². The van der Waals surface area contributed by atoms with Crippen molar-refractivity contribution < 1.29 is 4.79 Å². The second-order valence-corrected chi connectivity index (χ2v) is 3.21. The van der Waals surface area contributed by atoms with E-state index in [0.717, 1.165) is 23.0 Å². The van der Waals surface area contributed by atoms with Crippen LogP contribution in [0.3, 0.4) is 0 Å². The van der Waals surface area contributed by atoms with Crippen molar-refractivity contribution in [2.24, 2.45) is 0 Å². The average Bonchev–Trinajstić information content (AvgIpc) is 2.19. The predicted octanol–water partition coefficient (Wildman–Crippen LogP) is 2.88. The molecule has 0 aliphatic carbocycles. The molecule has 0 saturated heterocycles. The van der Waals surface area contributed by atoms with Crippen LogP contribution in [0.4, 0.5) is 0 Å². The van der Waals surface area contributed by atoms with Gasteiger partial charge < -0.3 is 4.79 Å². The summed E-state index contributed by atoms with van der Waals surface area (Å²) in [5, 5.41) is 1.65. The lowest BCUT2D eigenvalue weighted by atomic mass is 10.0. The summed E-state index contributed by atoms with van der Waals surface area (Å²) in [5.41, 5.74) is 2.92. The maximum Gasteiger partial charge on any atom is 0.124 e. The molecule has 1 aromatic carbocycles. The number of hydrogen-bond acceptors (Lipinski definition) is 2. The van der Waals surface area contributed by atoms with E-state index in [-0.39, 0.29) is 0 Å². The van der Waals surface area contributed by atoms with Crippen LogP contribution in [0, 0.1) is 0 Å². The number of benzene rings is 1. The third-order valence-electron chi connectivity index (χ3n) is 1.89. The molecule has 0 N–H and O–H groups in total. The largest absolute Gasteiger partial charge is 0.303 e. The fourth-order valence-electron chi connectivity index (χ4n) is 1.18. The van der Waals surface area contributed by atoms with Gasteiger partial charge in [-0.25, -0.2) is 0 Å². The van der Waals surface area contributed by atoms with E-state index >= 15 is 0 Å². The molecule has 0 atom stereocenters. The van der Waals surface area contributed by atoms with E-state index < -0.39 is 0 Å². The lowest BCUT2D eigenvalue weighted by Gasteiger charge is -2.02. The van der Waals surface area contributed by atoms with Crippen LogP contribution in [-0.2, 0) is 11.2 Å². The Kier molecular flexibility index (Phi) is 4.20. The van der Waals surface area contributed by atoms with E-state index in [0.29, 0.717) is 6.42 Å². The highest BCUT2D eigenvalue weighted by atomic mass is 32.1. The van der Waals surface area contributed by atoms with Gasteiger partial charge >= 0.3 is 0 Å². The molecule has 2 heteroatoms. The minimum absolute atomic E-state index is 0.450. The summed E-state index contributed by atoms with van der Waals surface area (Å²) in [6.07, 6.45) is 3.17. The quantitative estimate of drug-likeness (QED) is 0.453. The van der Waals surface area contributed by atoms with E-state index in [4.69, 9.17) is 0 Å². The topological polar surface area (TPSA) is 17.1 Å². The second-order valence-electron chi connectivity index (χ2n) is 2.91. The van der Waals surface area contributed by atoms with E-state index in [1.807, 2.05) is 30.3 Å². The van der Waals surface area contributed by atoms with Gasteiger partial charge in [-0.15, -0.1) is 0 Å². The molecule has 0 heterocycles. The lowest BCUT2D eigenvalue weighted by molar-refractivity contribution is -0.107. The summed E-state index contributed by atoms with van der Waals surface area (Å²) < 4.78 is 0. The van der Waals surface area contributed by atoms with Gasteiger partial charge in [0.1, 0.15) is 6.29 Å². The van der Waals surface area contributed by atoms with E-state index in [1.54, 1.807) is 5.41 Å². The van der Waals surface area contributed by atoms with Gasteiger partial charge in [0, 0.05) is 6.42 Å². The fraction of sp³-hybridized carbons (Fsp3) is 0.0833. The highest BCUT2D eigenvalue weighted by molar-refractivity contribution is 7.83. The summed E-state index contributed by atoms with van der Waals surface area (Å²) >= 11 is 3.98. The molecule has 1 nitrogen and oxygen atoms in total. The Bertz CT molecular complexity index is 366. The highest BCUT2D eigenvalue weighted by Crippen LogP contribution is 2.15. The van der Waals surface area contributed by atoms with Crippen LogP contribution in [-0.4, -0.2) is 6.29 Å². The Morgan fingerprint density at radius 3 is 2.93 bits per heavy atom. The van der Waals surface area contributed by atoms with Gasteiger partial charge in [0.2, 0.25) is 0 Å². The number of aldehydes is 1. The van der Waals surface area contributed by atoms with E-state index in [2.05, 4.69) is 19.2 Å². The summed E-state index contributed by atoms with van der Waals surface area (Å²) in [6.45, 7) is 3.89. The Morgan fingerprint density at radius 1 is 1.50 bits per heavy atom. The van der Waals surface area contributed by atoms with Gasteiger partial charge in [0.05, 0.1) is 0 Å². The number of thiol groups is 1. The van der Waals surface area contributed by atoms with Crippen LogP contribution in [0.1, 0.15) is 11.1 Å². The molecule has 72 valence electrons. The first kappa shape index (κ1) is 10.8. The Morgan fingerprint density at radius 2 is 2.29 bits per heavy atom. The molecule has 0 aromatic heterocycles. The molecule has 0 unspecified atom stereocenters. The molecule has 0 aliphatic heterocycles. The van der Waals surface area contributed by atoms with Gasteiger partial charge in [-0.2, -0.15) is 12.6 Å². The molecular weight excluding hydrogens is 192 g/mol. The average molecular weight is 204 g/mol. The third-order valence-corrected chi connectivity index (χ3v) is 2.04. The Hall–Kier alpha value is -1.28. The molecule has 0 radical (unpaired) electrons. The van der Waals surface area contributed by atoms with Crippen LogP contribution in [0.25, 0.3) is 5.57 Å². The van der Waals surface area contributed by atoms with E-state index in [9.17, 15) is 4.79 Å². The van der Waals surface area contributed by atoms with Crippen molar-refractivity contribution in [3.63, 3.8) is 0 Å². The molecule has 0 fully saturated rings. The zero-order valence-corrected chi connectivity index (χ0v) is 8.71. The first-order valence-electron chi connectivity index (χ1n) is 4.30. The van der Waals surface area contributed by atoms with Crippen LogP contribution in [0.2, 0.25) is 0 Å². The fourth-order valence-corrected chi connectivity index (χ4v) is 1.36. The summed E-state index contributed by atoms with van der Waals surface area (Å²) in [4.78, 5) is 10.3. The Labute approximate surface area is 89.6 Å². The summed E-state index contributed by atoms with van der Waals surface area (Å²) in [6, 6.07) is 7.77. The molecule has 1 rings (SSSR count). The number of hydrogen-bond donors (Lipinski definition) is 1. The zero-order chi connectivity index (χ0) is 10.4. The second kappa shape index (κ2) is 5.45. The van der Waals surface area contributed by atoms with Crippen LogP contribution in [0.5, 0.6) is 0 Å². The molecule has 14 heavy (non-hydrogen) atoms. The molecular formula is C12H12OS. The maximum atomic E-state index is 10.3. The normalized spacial score (nSPS) is 10.4. The van der Waals surface area contributed by atoms with Crippen LogP contribution >= 0.6 is 12.6 Å². The first-order valence-corrected chi connectivity index (χ1v) is 4.82. The molecule has 1 aromatic rings. The number of rotatable bonds is 4. The van der Waals surface area contributed by atoms with Gasteiger partial charge in [-0.1, -0.05) is 30.8 Å². The van der Waals surface area contributed by atoms with Crippen LogP contribution in [0.15, 0.2) is 42.3 Å². The predicted molar refractivity (Wildman–Crippen MR) is 63.4 cm³/mol. The van der Waals surface area contributed by atoms with Crippen molar-refractivity contribution in [2.75, 3.05) is 0 Å². The SMILES string of the molecule is C=C(/C=C\S)c1cccc(CC=O)c1. The number of carbonyl (C=O) groups excluding carboxylic acids is 1. The van der Waals surface area contributed by atoms with Crippen molar-refractivity contribution in [1.29, 1.82) is 0 Å². The summed E-state index contributed by atoms with van der Waals surface area (Å²) in [5.74, 6) is 0. The number of allylic oxidation sites excluding steroid dienone is 2. The van der Waals surface area contributed by atoms with Crippen molar-refractivity contribution >= 4 is 24.5 Å². The molecule has 0 saturated carbocycles. The van der Waals surface area contributed by atoms with Gasteiger partial charge in [-0.3, -0.25) is 0 Å². The summed E-state index contributed by atoms with van der Waals surface area (Å²) in [7, 11) is 0. The molecule has 0 aliphatic rings. The first-order chi connectivity index (χ1) is 6.77. The van der Waals surface area contributed by atoms with Crippen molar-refractivity contribution in [2.45, 2.75) is 6.42 Å². The van der Waals surface area contributed by atoms with Gasteiger partial charge in [-0.05, 0) is 28.2 Å². The van der Waals surface area contributed by atoms with Crippen molar-refractivity contribution in [3.05, 3.63) is 53.5 Å². The minimum atomic E-state index is 0.450. The van der Waals surface area contributed by atoms with E-state index in [1.165, 1.54) is 0 Å². The standard InChI is InChI=1S/C12H12OS/c1-10(6-8-14)12-4-2-3-11(9-12)5-7-13/h2-4,6-9,14H,1,5H2/b8-6-. The Balaban J connectivity index is 2.93. The third kappa shape index (κ3) is 2.89. The lowest BCUT2D eigenvalue weighted by Crippen LogP contribution is -1.87. The monoisotopic (exact) mass is 204 g/mol. The van der Waals surface area contributed by atoms with Crippen molar-refractivity contribution in [1.82, 2.24) is 0 Å². The van der Waals surface area contributed by atoms with Gasteiger partial charge in [0.15, 0.2) is 0 Å².